The van der Waals surface area contributed by atoms with Crippen LogP contribution < -0.4 is 5.32 Å². The van der Waals surface area contributed by atoms with E-state index in [0.29, 0.717) is 11.8 Å². The lowest BCUT2D eigenvalue weighted by atomic mass is 9.89. The van der Waals surface area contributed by atoms with Gasteiger partial charge in [0.2, 0.25) is 0 Å². The number of ether oxygens (including phenoxy) is 1. The van der Waals surface area contributed by atoms with Crippen LogP contribution in [0.4, 0.5) is 4.39 Å². The molecule has 0 bridgehead atoms. The van der Waals surface area contributed by atoms with Gasteiger partial charge in [0.15, 0.2) is 0 Å². The third-order valence-electron chi connectivity index (χ3n) is 3.60. The first-order chi connectivity index (χ1) is 9.16. The van der Waals surface area contributed by atoms with Crippen LogP contribution in [0.3, 0.4) is 0 Å². The lowest BCUT2D eigenvalue weighted by Gasteiger charge is -2.32. The summed E-state index contributed by atoms with van der Waals surface area (Å²) in [4.78, 5) is 0. The van der Waals surface area contributed by atoms with Crippen molar-refractivity contribution in [3.05, 3.63) is 35.6 Å². The normalized spacial score (nSPS) is 23.8. The zero-order chi connectivity index (χ0) is 13.7. The Morgan fingerprint density at radius 2 is 2.05 bits per heavy atom. The zero-order valence-electron chi connectivity index (χ0n) is 11.9. The van der Waals surface area contributed by atoms with E-state index in [4.69, 9.17) is 4.74 Å². The average Bonchev–Trinajstić information content (AvgIpc) is 2.40. The summed E-state index contributed by atoms with van der Waals surface area (Å²) in [5.74, 6) is 0.959. The van der Waals surface area contributed by atoms with Crippen molar-refractivity contribution in [2.24, 2.45) is 11.8 Å². The van der Waals surface area contributed by atoms with Gasteiger partial charge in [-0.3, -0.25) is 0 Å². The first-order valence-electron chi connectivity index (χ1n) is 7.24. The molecule has 0 saturated carbocycles. The van der Waals surface area contributed by atoms with Crippen molar-refractivity contribution in [2.45, 2.75) is 32.8 Å². The second-order valence-corrected chi connectivity index (χ2v) is 5.80. The predicted octanol–water partition coefficient (Wildman–Crippen LogP) is 3.54. The molecule has 0 spiro atoms. The summed E-state index contributed by atoms with van der Waals surface area (Å²) < 4.78 is 18.9. The molecule has 0 radical (unpaired) electrons. The van der Waals surface area contributed by atoms with E-state index in [1.807, 2.05) is 12.1 Å². The smallest absolute Gasteiger partial charge is 0.123 e. The molecule has 2 atom stereocenters. The molecule has 2 nitrogen and oxygen atoms in total. The molecular weight excluding hydrogens is 241 g/mol. The highest BCUT2D eigenvalue weighted by Crippen LogP contribution is 2.33. The van der Waals surface area contributed by atoms with Crippen LogP contribution in [0.1, 0.15) is 38.4 Å². The van der Waals surface area contributed by atoms with Gasteiger partial charge in [0, 0.05) is 19.1 Å². The molecule has 106 valence electrons. The maximum Gasteiger partial charge on any atom is 0.123 e. The second kappa shape index (κ2) is 7.01. The first kappa shape index (κ1) is 14.5. The van der Waals surface area contributed by atoms with E-state index in [9.17, 15) is 4.39 Å². The van der Waals surface area contributed by atoms with Crippen molar-refractivity contribution < 1.29 is 9.13 Å². The van der Waals surface area contributed by atoms with Crippen molar-refractivity contribution in [2.75, 3.05) is 19.7 Å². The lowest BCUT2D eigenvalue weighted by molar-refractivity contribution is -0.0279. The maximum atomic E-state index is 13.0. The molecule has 2 rings (SSSR count). The Morgan fingerprint density at radius 1 is 1.32 bits per heavy atom. The minimum absolute atomic E-state index is 0.106. The summed E-state index contributed by atoms with van der Waals surface area (Å²) >= 11 is 0. The molecule has 1 aliphatic rings. The van der Waals surface area contributed by atoms with Crippen molar-refractivity contribution >= 4 is 0 Å². The van der Waals surface area contributed by atoms with Gasteiger partial charge in [-0.1, -0.05) is 26.0 Å². The summed E-state index contributed by atoms with van der Waals surface area (Å²) in [7, 11) is 0. The third kappa shape index (κ3) is 4.29. The van der Waals surface area contributed by atoms with Crippen molar-refractivity contribution in [1.29, 1.82) is 0 Å². The van der Waals surface area contributed by atoms with Gasteiger partial charge in [-0.15, -0.1) is 0 Å². The highest BCUT2D eigenvalue weighted by Gasteiger charge is 2.27. The van der Waals surface area contributed by atoms with Crippen LogP contribution in [0.25, 0.3) is 0 Å². The molecule has 1 aromatic carbocycles. The molecule has 1 saturated heterocycles. The fourth-order valence-corrected chi connectivity index (χ4v) is 2.63. The number of hydrogen-bond acceptors (Lipinski definition) is 2. The van der Waals surface area contributed by atoms with Gasteiger partial charge in [0.25, 0.3) is 0 Å². The standard InChI is InChI=1S/C16H24FNO/c1-12(2)10-18-11-14-4-3-9-19-16(14)13-5-7-15(17)8-6-13/h5-8,12,14,16,18H,3-4,9-11H2,1-2H3. The van der Waals surface area contributed by atoms with E-state index in [2.05, 4.69) is 19.2 Å². The second-order valence-electron chi connectivity index (χ2n) is 5.80. The Morgan fingerprint density at radius 3 is 2.74 bits per heavy atom. The van der Waals surface area contributed by atoms with E-state index >= 15 is 0 Å². The van der Waals surface area contributed by atoms with E-state index in [-0.39, 0.29) is 11.9 Å². The van der Waals surface area contributed by atoms with Crippen molar-refractivity contribution in [1.82, 2.24) is 5.32 Å². The molecular formula is C16H24FNO. The van der Waals surface area contributed by atoms with Gasteiger partial charge in [0.1, 0.15) is 5.82 Å². The Labute approximate surface area is 115 Å². The molecule has 19 heavy (non-hydrogen) atoms. The molecule has 2 unspecified atom stereocenters. The Bertz CT molecular complexity index is 377. The zero-order valence-corrected chi connectivity index (χ0v) is 11.9. The molecule has 1 aromatic rings. The Balaban J connectivity index is 1.97. The number of hydrogen-bond donors (Lipinski definition) is 1. The topological polar surface area (TPSA) is 21.3 Å². The average molecular weight is 265 g/mol. The van der Waals surface area contributed by atoms with Gasteiger partial charge in [0.05, 0.1) is 6.10 Å². The van der Waals surface area contributed by atoms with Crippen molar-refractivity contribution in [3.8, 4) is 0 Å². The monoisotopic (exact) mass is 265 g/mol. The van der Waals surface area contributed by atoms with Gasteiger partial charge in [-0.25, -0.2) is 4.39 Å². The van der Waals surface area contributed by atoms with Crippen molar-refractivity contribution in [3.63, 3.8) is 0 Å². The van der Waals surface area contributed by atoms with Crippen LogP contribution in [0.2, 0.25) is 0 Å². The predicted molar refractivity (Wildman–Crippen MR) is 75.5 cm³/mol. The summed E-state index contributed by atoms with van der Waals surface area (Å²) in [5, 5.41) is 3.51. The summed E-state index contributed by atoms with van der Waals surface area (Å²) in [6.45, 7) is 7.24. The van der Waals surface area contributed by atoms with Gasteiger partial charge in [-0.05, 0) is 43.0 Å². The maximum absolute atomic E-state index is 13.0. The lowest BCUT2D eigenvalue weighted by Crippen LogP contribution is -2.33. The number of nitrogens with one attached hydrogen (secondary N) is 1. The molecule has 1 heterocycles. The summed E-state index contributed by atoms with van der Waals surface area (Å²) in [5.41, 5.74) is 1.09. The fraction of sp³-hybridized carbons (Fsp3) is 0.625. The molecule has 0 amide bonds. The fourth-order valence-electron chi connectivity index (χ4n) is 2.63. The third-order valence-corrected chi connectivity index (χ3v) is 3.60. The molecule has 0 aromatic heterocycles. The minimum atomic E-state index is -0.186. The highest BCUT2D eigenvalue weighted by molar-refractivity contribution is 5.20. The Kier molecular flexibility index (Phi) is 5.34. The molecule has 0 aliphatic carbocycles. The van der Waals surface area contributed by atoms with Gasteiger partial charge >= 0.3 is 0 Å². The minimum Gasteiger partial charge on any atom is -0.373 e. The number of halogens is 1. The van der Waals surface area contributed by atoms with Crippen LogP contribution in [0.15, 0.2) is 24.3 Å². The van der Waals surface area contributed by atoms with Crippen LogP contribution in [-0.2, 0) is 4.74 Å². The summed E-state index contributed by atoms with van der Waals surface area (Å²) in [6, 6.07) is 6.74. The SMILES string of the molecule is CC(C)CNCC1CCCOC1c1ccc(F)cc1. The molecule has 3 heteroatoms. The highest BCUT2D eigenvalue weighted by atomic mass is 19.1. The van der Waals surface area contributed by atoms with E-state index in [0.717, 1.165) is 31.7 Å². The first-order valence-corrected chi connectivity index (χ1v) is 7.24. The molecule has 1 N–H and O–H groups in total. The van der Waals surface area contributed by atoms with E-state index < -0.39 is 0 Å². The number of rotatable bonds is 5. The quantitative estimate of drug-likeness (QED) is 0.879. The van der Waals surface area contributed by atoms with Crippen LogP contribution >= 0.6 is 0 Å². The number of benzene rings is 1. The van der Waals surface area contributed by atoms with Gasteiger partial charge in [-0.2, -0.15) is 0 Å². The van der Waals surface area contributed by atoms with Crippen LogP contribution in [0, 0.1) is 17.7 Å². The largest absolute Gasteiger partial charge is 0.373 e. The molecule has 1 fully saturated rings. The van der Waals surface area contributed by atoms with E-state index in [1.54, 1.807) is 0 Å². The van der Waals surface area contributed by atoms with Gasteiger partial charge < -0.3 is 10.1 Å². The Hall–Kier alpha value is -0.930. The van der Waals surface area contributed by atoms with Crippen LogP contribution in [-0.4, -0.2) is 19.7 Å². The van der Waals surface area contributed by atoms with Crippen LogP contribution in [0.5, 0.6) is 0 Å². The summed E-state index contributed by atoms with van der Waals surface area (Å²) in [6.07, 6.45) is 2.40. The van der Waals surface area contributed by atoms with E-state index in [1.165, 1.54) is 18.6 Å². The molecule has 1 aliphatic heterocycles.